The number of hydrogen-bond donors (Lipinski definition) is 1. The normalized spacial score (nSPS) is 13.5. The van der Waals surface area contributed by atoms with Gasteiger partial charge in [0.15, 0.2) is 0 Å². The number of aryl methyl sites for hydroxylation is 1. The van der Waals surface area contributed by atoms with Gasteiger partial charge in [0.2, 0.25) is 0 Å². The van der Waals surface area contributed by atoms with Gasteiger partial charge in [-0.25, -0.2) is 0 Å². The minimum atomic E-state index is 0.761. The molecule has 0 radical (unpaired) electrons. The molecule has 0 fully saturated rings. The third kappa shape index (κ3) is 2.64. The number of anilines is 1. The molecule has 0 spiro atoms. The summed E-state index contributed by atoms with van der Waals surface area (Å²) in [6.07, 6.45) is 4.43. The Morgan fingerprint density at radius 3 is 2.42 bits per heavy atom. The molecule has 2 aromatic carbocycles. The van der Waals surface area contributed by atoms with Gasteiger partial charge in [0, 0.05) is 16.8 Å². The second kappa shape index (κ2) is 6.04. The summed E-state index contributed by atoms with van der Waals surface area (Å²) in [6.45, 7) is 0. The van der Waals surface area contributed by atoms with Crippen LogP contribution in [-0.2, 0) is 12.8 Å². The van der Waals surface area contributed by atoms with Crippen molar-refractivity contribution in [1.29, 1.82) is 0 Å². The van der Waals surface area contributed by atoms with Crippen LogP contribution in [0.25, 0.3) is 10.9 Å². The molecule has 1 aliphatic rings. The molecule has 0 saturated carbocycles. The van der Waals surface area contributed by atoms with E-state index in [0.717, 1.165) is 52.4 Å². The summed E-state index contributed by atoms with van der Waals surface area (Å²) in [5, 5.41) is 0.974. The predicted octanol–water partition coefficient (Wildman–Crippen LogP) is 4.50. The number of rotatable bonds is 3. The fourth-order valence-corrected chi connectivity index (χ4v) is 3.28. The lowest BCUT2D eigenvalue weighted by Crippen LogP contribution is -2.09. The fourth-order valence-electron chi connectivity index (χ4n) is 3.28. The smallest absolute Gasteiger partial charge is 0.128 e. The first-order valence-corrected chi connectivity index (χ1v) is 8.27. The van der Waals surface area contributed by atoms with E-state index in [9.17, 15) is 0 Å². The Morgan fingerprint density at radius 1 is 0.917 bits per heavy atom. The zero-order valence-corrected chi connectivity index (χ0v) is 13.7. The number of nitrogens with two attached hydrogens (primary N) is 1. The highest BCUT2D eigenvalue weighted by Gasteiger charge is 2.16. The van der Waals surface area contributed by atoms with E-state index < -0.39 is 0 Å². The van der Waals surface area contributed by atoms with Crippen LogP contribution in [0.3, 0.4) is 0 Å². The number of ether oxygens (including phenoxy) is 2. The van der Waals surface area contributed by atoms with Gasteiger partial charge in [-0.05, 0) is 73.7 Å². The molecule has 0 saturated heterocycles. The van der Waals surface area contributed by atoms with Crippen molar-refractivity contribution >= 4 is 16.6 Å². The number of nitrogen functional groups attached to an aromatic ring is 1. The Bertz CT molecular complexity index is 888. The zero-order valence-electron chi connectivity index (χ0n) is 13.7. The van der Waals surface area contributed by atoms with E-state index >= 15 is 0 Å². The van der Waals surface area contributed by atoms with Crippen molar-refractivity contribution in [2.45, 2.75) is 25.7 Å². The molecule has 0 unspecified atom stereocenters. The summed E-state index contributed by atoms with van der Waals surface area (Å²) >= 11 is 0. The monoisotopic (exact) mass is 320 g/mol. The Labute approximate surface area is 141 Å². The Hall–Kier alpha value is -2.75. The number of pyridine rings is 1. The van der Waals surface area contributed by atoms with Crippen LogP contribution >= 0.6 is 0 Å². The lowest BCUT2D eigenvalue weighted by molar-refractivity contribution is 0.413. The highest BCUT2D eigenvalue weighted by atomic mass is 16.5. The number of nitrogens with zero attached hydrogens (tertiary/aromatic N) is 1. The van der Waals surface area contributed by atoms with Gasteiger partial charge in [-0.3, -0.25) is 4.98 Å². The molecule has 1 aromatic heterocycles. The first-order valence-electron chi connectivity index (χ1n) is 8.27. The molecule has 4 heteroatoms. The van der Waals surface area contributed by atoms with Crippen molar-refractivity contribution < 1.29 is 9.47 Å². The van der Waals surface area contributed by atoms with Crippen LogP contribution in [0.15, 0.2) is 42.5 Å². The van der Waals surface area contributed by atoms with Crippen molar-refractivity contribution in [3.8, 4) is 17.2 Å². The molecule has 0 amide bonds. The molecule has 122 valence electrons. The molecule has 1 heterocycles. The first-order chi connectivity index (χ1) is 11.7. The van der Waals surface area contributed by atoms with Gasteiger partial charge in [0.25, 0.3) is 0 Å². The van der Waals surface area contributed by atoms with Crippen molar-refractivity contribution in [3.05, 3.63) is 53.7 Å². The highest BCUT2D eigenvalue weighted by Crippen LogP contribution is 2.34. The molecule has 4 nitrogen and oxygen atoms in total. The summed E-state index contributed by atoms with van der Waals surface area (Å²) in [7, 11) is 1.65. The Morgan fingerprint density at radius 2 is 1.62 bits per heavy atom. The van der Waals surface area contributed by atoms with Crippen LogP contribution in [-0.4, -0.2) is 12.1 Å². The average Bonchev–Trinajstić information content (AvgIpc) is 2.63. The van der Waals surface area contributed by atoms with Gasteiger partial charge in [-0.15, -0.1) is 0 Å². The molecule has 0 atom stereocenters. The number of hydrogen-bond acceptors (Lipinski definition) is 4. The summed E-state index contributed by atoms with van der Waals surface area (Å²) in [6, 6.07) is 13.4. The Kier molecular flexibility index (Phi) is 3.73. The van der Waals surface area contributed by atoms with E-state index in [4.69, 9.17) is 20.2 Å². The number of aromatic nitrogens is 1. The zero-order chi connectivity index (χ0) is 16.5. The molecule has 0 bridgehead atoms. The van der Waals surface area contributed by atoms with Crippen LogP contribution < -0.4 is 15.2 Å². The van der Waals surface area contributed by atoms with Crippen LogP contribution in [0.4, 0.5) is 5.69 Å². The van der Waals surface area contributed by atoms with Crippen molar-refractivity contribution in [1.82, 2.24) is 4.98 Å². The van der Waals surface area contributed by atoms with Gasteiger partial charge in [0.1, 0.15) is 17.2 Å². The van der Waals surface area contributed by atoms with Crippen LogP contribution in [0.1, 0.15) is 24.1 Å². The molecule has 2 N–H and O–H groups in total. The lowest BCUT2D eigenvalue weighted by Gasteiger charge is -2.18. The summed E-state index contributed by atoms with van der Waals surface area (Å²) in [5.41, 5.74) is 10.6. The maximum absolute atomic E-state index is 6.43. The quantitative estimate of drug-likeness (QED) is 0.772. The van der Waals surface area contributed by atoms with Gasteiger partial charge >= 0.3 is 0 Å². The summed E-state index contributed by atoms with van der Waals surface area (Å²) in [5.74, 6) is 2.33. The van der Waals surface area contributed by atoms with Gasteiger partial charge in [-0.1, -0.05) is 0 Å². The van der Waals surface area contributed by atoms with E-state index in [1.54, 1.807) is 7.11 Å². The molecule has 1 aliphatic carbocycles. The minimum Gasteiger partial charge on any atom is -0.497 e. The van der Waals surface area contributed by atoms with Gasteiger partial charge < -0.3 is 15.2 Å². The fraction of sp³-hybridized carbons (Fsp3) is 0.250. The average molecular weight is 320 g/mol. The number of fused-ring (bicyclic) bond motifs is 2. The van der Waals surface area contributed by atoms with Gasteiger partial charge in [-0.2, -0.15) is 0 Å². The standard InChI is InChI=1S/C20H20N2O2/c1-23-13-6-8-14(9-7-13)24-15-10-11-19-17(12-15)20(21)16-4-2-3-5-18(16)22-19/h6-12H,2-5H2,1H3,(H2,21,22). The van der Waals surface area contributed by atoms with Crippen molar-refractivity contribution in [2.75, 3.05) is 12.8 Å². The van der Waals surface area contributed by atoms with Crippen LogP contribution in [0, 0.1) is 0 Å². The number of methoxy groups -OCH3 is 1. The second-order valence-corrected chi connectivity index (χ2v) is 6.11. The minimum absolute atomic E-state index is 0.761. The first kappa shape index (κ1) is 14.8. The summed E-state index contributed by atoms with van der Waals surface area (Å²) in [4.78, 5) is 4.80. The van der Waals surface area contributed by atoms with Crippen LogP contribution in [0.2, 0.25) is 0 Å². The molecule has 24 heavy (non-hydrogen) atoms. The van der Waals surface area contributed by atoms with E-state index in [-0.39, 0.29) is 0 Å². The molecule has 3 aromatic rings. The number of benzene rings is 2. The lowest BCUT2D eigenvalue weighted by atomic mass is 9.93. The van der Waals surface area contributed by atoms with Gasteiger partial charge in [0.05, 0.1) is 12.6 Å². The SMILES string of the molecule is COc1ccc(Oc2ccc3nc4c(c(N)c3c2)CCCC4)cc1. The van der Waals surface area contributed by atoms with Crippen molar-refractivity contribution in [3.63, 3.8) is 0 Å². The molecular weight excluding hydrogens is 300 g/mol. The van der Waals surface area contributed by atoms with E-state index in [1.807, 2.05) is 42.5 Å². The highest BCUT2D eigenvalue weighted by molar-refractivity contribution is 5.93. The topological polar surface area (TPSA) is 57.4 Å². The van der Waals surface area contributed by atoms with E-state index in [0.29, 0.717) is 0 Å². The van der Waals surface area contributed by atoms with E-state index in [1.165, 1.54) is 18.4 Å². The third-order valence-corrected chi connectivity index (χ3v) is 4.57. The third-order valence-electron chi connectivity index (χ3n) is 4.57. The largest absolute Gasteiger partial charge is 0.497 e. The second-order valence-electron chi connectivity index (χ2n) is 6.11. The predicted molar refractivity (Wildman–Crippen MR) is 95.9 cm³/mol. The maximum atomic E-state index is 6.43. The summed E-state index contributed by atoms with van der Waals surface area (Å²) < 4.78 is 11.1. The molecule has 4 rings (SSSR count). The molecular formula is C20H20N2O2. The molecule has 0 aliphatic heterocycles. The van der Waals surface area contributed by atoms with Crippen LogP contribution in [0.5, 0.6) is 17.2 Å². The maximum Gasteiger partial charge on any atom is 0.128 e. The Balaban J connectivity index is 1.70. The van der Waals surface area contributed by atoms with E-state index in [2.05, 4.69) is 0 Å². The van der Waals surface area contributed by atoms with Crippen molar-refractivity contribution in [2.24, 2.45) is 0 Å².